The van der Waals surface area contributed by atoms with Gasteiger partial charge in [0.15, 0.2) is 6.04 Å². The Morgan fingerprint density at radius 2 is 1.56 bits per heavy atom. The molecule has 1 unspecified atom stereocenters. The summed E-state index contributed by atoms with van der Waals surface area (Å²) < 4.78 is 34.3. The van der Waals surface area contributed by atoms with E-state index >= 15 is 0 Å². The number of nitrogens with one attached hydrogen (secondary N) is 1. The van der Waals surface area contributed by atoms with Crippen LogP contribution in [0.25, 0.3) is 11.1 Å². The molecule has 0 saturated heterocycles. The summed E-state index contributed by atoms with van der Waals surface area (Å²) in [6.45, 7) is 7.72. The largest absolute Gasteiger partial charge is 0.364 e. The highest BCUT2D eigenvalue weighted by Crippen LogP contribution is 2.31. The molecule has 3 N–H and O–H groups in total. The molecule has 2 amide bonds. The predicted octanol–water partition coefficient (Wildman–Crippen LogP) is 5.38. The molecule has 226 valence electrons. The lowest BCUT2D eigenvalue weighted by Gasteiger charge is -2.38. The first-order valence-electron chi connectivity index (χ1n) is 14.2. The standard InChI is InChI=1S/C33H38N4O5S/c1-22(2)19-29(32(34)39)37(5,31(38)20-25-11-7-6-8-12-25)21-26-15-17-27(18-16-26)28-13-9-10-14-30(28)43(40,41)36-33-23(3)24(4)35-42-33/h6-18,22,29H,19-21H2,1-5H3,(H2-,34,35,36,39)/p+1/t29-,37?/m0/s1. The molecule has 2 atom stereocenters. The molecule has 0 bridgehead atoms. The Kier molecular flexibility index (Phi) is 9.52. The highest BCUT2D eigenvalue weighted by Gasteiger charge is 2.43. The van der Waals surface area contributed by atoms with E-state index in [2.05, 4.69) is 9.88 Å². The summed E-state index contributed by atoms with van der Waals surface area (Å²) >= 11 is 0. The van der Waals surface area contributed by atoms with Gasteiger partial charge in [-0.15, -0.1) is 0 Å². The van der Waals surface area contributed by atoms with Crippen molar-refractivity contribution in [3.8, 4) is 11.1 Å². The van der Waals surface area contributed by atoms with Crippen LogP contribution in [0.3, 0.4) is 0 Å². The van der Waals surface area contributed by atoms with Gasteiger partial charge in [-0.25, -0.2) is 22.4 Å². The van der Waals surface area contributed by atoms with E-state index in [9.17, 15) is 18.0 Å². The maximum absolute atomic E-state index is 13.9. The third-order valence-electron chi connectivity index (χ3n) is 7.82. The average Bonchev–Trinajstić information content (AvgIpc) is 3.28. The van der Waals surface area contributed by atoms with Crippen molar-refractivity contribution in [3.05, 3.63) is 101 Å². The summed E-state index contributed by atoms with van der Waals surface area (Å²) in [5, 5.41) is 3.83. The Morgan fingerprint density at radius 3 is 2.14 bits per heavy atom. The van der Waals surface area contributed by atoms with Gasteiger partial charge in [0.05, 0.1) is 24.1 Å². The van der Waals surface area contributed by atoms with Crippen LogP contribution in [0.5, 0.6) is 0 Å². The Hall–Kier alpha value is -4.28. The van der Waals surface area contributed by atoms with E-state index < -0.39 is 22.0 Å². The van der Waals surface area contributed by atoms with E-state index in [1.807, 2.05) is 68.4 Å². The van der Waals surface area contributed by atoms with Crippen molar-refractivity contribution in [2.45, 2.75) is 58.0 Å². The number of likely N-dealkylation sites (N-methyl/N-ethyl adjacent to an activating group) is 1. The van der Waals surface area contributed by atoms with Gasteiger partial charge in [-0.2, -0.15) is 0 Å². The van der Waals surface area contributed by atoms with Crippen LogP contribution in [-0.4, -0.2) is 43.0 Å². The van der Waals surface area contributed by atoms with Crippen molar-refractivity contribution in [2.75, 3.05) is 11.8 Å². The molecule has 0 saturated carbocycles. The smallest absolute Gasteiger partial charge is 0.318 e. The lowest BCUT2D eigenvalue weighted by Crippen LogP contribution is -2.61. The Morgan fingerprint density at radius 1 is 0.930 bits per heavy atom. The highest BCUT2D eigenvalue weighted by molar-refractivity contribution is 7.92. The zero-order valence-electron chi connectivity index (χ0n) is 25.2. The van der Waals surface area contributed by atoms with Crippen molar-refractivity contribution >= 4 is 27.7 Å². The zero-order chi connectivity index (χ0) is 31.4. The lowest BCUT2D eigenvalue weighted by molar-refractivity contribution is -0.865. The van der Waals surface area contributed by atoms with E-state index in [0.29, 0.717) is 28.8 Å². The predicted molar refractivity (Wildman–Crippen MR) is 166 cm³/mol. The maximum atomic E-state index is 13.9. The second-order valence-electron chi connectivity index (χ2n) is 11.6. The molecule has 43 heavy (non-hydrogen) atoms. The van der Waals surface area contributed by atoms with Crippen LogP contribution in [0.15, 0.2) is 88.3 Å². The van der Waals surface area contributed by atoms with Crippen LogP contribution in [0.4, 0.5) is 5.88 Å². The lowest BCUT2D eigenvalue weighted by atomic mass is 9.96. The van der Waals surface area contributed by atoms with Gasteiger partial charge in [0.2, 0.25) is 5.88 Å². The molecule has 0 spiro atoms. The zero-order valence-corrected chi connectivity index (χ0v) is 26.0. The van der Waals surface area contributed by atoms with Crippen molar-refractivity contribution in [3.63, 3.8) is 0 Å². The normalized spacial score (nSPS) is 13.8. The minimum absolute atomic E-state index is 0.0743. The van der Waals surface area contributed by atoms with Crippen LogP contribution >= 0.6 is 0 Å². The Labute approximate surface area is 253 Å². The molecule has 0 aliphatic rings. The van der Waals surface area contributed by atoms with Crippen LogP contribution in [0, 0.1) is 19.8 Å². The van der Waals surface area contributed by atoms with E-state index in [1.54, 1.807) is 39.1 Å². The number of aryl methyl sites for hydroxylation is 1. The second kappa shape index (κ2) is 12.9. The molecule has 10 heteroatoms. The molecule has 0 fully saturated rings. The number of nitrogens with two attached hydrogens (primary N) is 1. The third-order valence-corrected chi connectivity index (χ3v) is 9.20. The molecule has 0 radical (unpaired) electrons. The Balaban J connectivity index is 1.66. The van der Waals surface area contributed by atoms with E-state index in [1.165, 1.54) is 6.07 Å². The molecule has 9 nitrogen and oxygen atoms in total. The van der Waals surface area contributed by atoms with Crippen molar-refractivity contribution in [1.29, 1.82) is 0 Å². The fraction of sp³-hybridized carbons (Fsp3) is 0.303. The number of amides is 2. The van der Waals surface area contributed by atoms with Crippen molar-refractivity contribution in [2.24, 2.45) is 11.7 Å². The number of rotatable bonds is 12. The number of hydrogen-bond acceptors (Lipinski definition) is 6. The average molecular weight is 604 g/mol. The van der Waals surface area contributed by atoms with Gasteiger partial charge in [-0.05, 0) is 37.0 Å². The van der Waals surface area contributed by atoms with Gasteiger partial charge >= 0.3 is 5.91 Å². The quantitative estimate of drug-likeness (QED) is 0.209. The summed E-state index contributed by atoms with van der Waals surface area (Å²) in [5.74, 6) is -0.401. The first-order chi connectivity index (χ1) is 20.3. The summed E-state index contributed by atoms with van der Waals surface area (Å²) in [4.78, 5) is 26.7. The van der Waals surface area contributed by atoms with Crippen LogP contribution in [-0.2, 0) is 32.6 Å². The number of benzene rings is 3. The molecular weight excluding hydrogens is 564 g/mol. The number of hydrogen-bond donors (Lipinski definition) is 2. The number of quaternary nitrogens is 1. The van der Waals surface area contributed by atoms with Crippen LogP contribution < -0.4 is 10.5 Å². The van der Waals surface area contributed by atoms with Gasteiger partial charge in [-0.1, -0.05) is 91.8 Å². The summed E-state index contributed by atoms with van der Waals surface area (Å²) in [6, 6.07) is 22.8. The first-order valence-corrected chi connectivity index (χ1v) is 15.7. The molecule has 1 aromatic heterocycles. The van der Waals surface area contributed by atoms with Crippen LogP contribution in [0.2, 0.25) is 0 Å². The fourth-order valence-corrected chi connectivity index (χ4v) is 6.47. The molecule has 4 aromatic rings. The van der Waals surface area contributed by atoms with Gasteiger partial charge in [0.1, 0.15) is 6.54 Å². The van der Waals surface area contributed by atoms with E-state index in [0.717, 1.165) is 11.1 Å². The number of carbonyl (C=O) groups excluding carboxylic acids is 2. The molecule has 4 rings (SSSR count). The fourth-order valence-electron chi connectivity index (χ4n) is 5.20. The van der Waals surface area contributed by atoms with Gasteiger partial charge < -0.3 is 10.3 Å². The molecular formula is C33H39N4O5S+. The highest BCUT2D eigenvalue weighted by atomic mass is 32.2. The number of carbonyl (C=O) groups is 2. The summed E-state index contributed by atoms with van der Waals surface area (Å²) in [6.07, 6.45) is 0.632. The minimum Gasteiger partial charge on any atom is -0.364 e. The number of sulfonamides is 1. The van der Waals surface area contributed by atoms with Gasteiger partial charge in [0.25, 0.3) is 15.9 Å². The third kappa shape index (κ3) is 7.21. The summed E-state index contributed by atoms with van der Waals surface area (Å²) in [7, 11) is -2.22. The van der Waals surface area contributed by atoms with Crippen LogP contribution in [0.1, 0.15) is 42.7 Å². The second-order valence-corrected chi connectivity index (χ2v) is 13.2. The SMILES string of the molecule is Cc1noc(NS(=O)(=O)c2ccccc2-c2ccc(C[N+](C)(C(=O)Cc3ccccc3)[C@@H](CC(C)C)C(N)=O)cc2)c1C. The van der Waals surface area contributed by atoms with Crippen molar-refractivity contribution in [1.82, 2.24) is 5.16 Å². The summed E-state index contributed by atoms with van der Waals surface area (Å²) in [5.41, 5.74) is 9.96. The number of anilines is 1. The molecule has 0 aliphatic heterocycles. The topological polar surface area (TPSA) is 132 Å². The Bertz CT molecular complexity index is 1700. The monoisotopic (exact) mass is 603 g/mol. The molecule has 3 aromatic carbocycles. The van der Waals surface area contributed by atoms with Gasteiger partial charge in [-0.3, -0.25) is 4.79 Å². The minimum atomic E-state index is -4.00. The number of nitrogens with zero attached hydrogens (tertiary/aromatic N) is 2. The maximum Gasteiger partial charge on any atom is 0.318 e. The number of aromatic nitrogens is 1. The van der Waals surface area contributed by atoms with E-state index in [-0.39, 0.29) is 40.1 Å². The molecule has 1 heterocycles. The van der Waals surface area contributed by atoms with Crippen molar-refractivity contribution < 1.29 is 27.0 Å². The van der Waals surface area contributed by atoms with E-state index in [4.69, 9.17) is 10.3 Å². The molecule has 0 aliphatic carbocycles. The number of primary amides is 1. The first kappa shape index (κ1) is 31.7. The van der Waals surface area contributed by atoms with Gasteiger partial charge in [0, 0.05) is 23.1 Å².